The van der Waals surface area contributed by atoms with Gasteiger partial charge in [0.05, 0.1) is 24.9 Å². The second-order valence-corrected chi connectivity index (χ2v) is 8.35. The fourth-order valence-corrected chi connectivity index (χ4v) is 3.89. The largest absolute Gasteiger partial charge is 0.378 e. The van der Waals surface area contributed by atoms with E-state index in [-0.39, 0.29) is 11.7 Å². The van der Waals surface area contributed by atoms with E-state index in [1.807, 2.05) is 19.1 Å². The first-order chi connectivity index (χ1) is 12.8. The maximum Gasteiger partial charge on any atom is 0.233 e. The Kier molecular flexibility index (Phi) is 10.4. The Morgan fingerprint density at radius 2 is 1.78 bits per heavy atom. The molecule has 0 aromatic heterocycles. The van der Waals surface area contributed by atoms with E-state index >= 15 is 0 Å². The number of carbonyl (C=O) groups excluding carboxylic acids is 1. The van der Waals surface area contributed by atoms with Crippen molar-refractivity contribution in [3.05, 3.63) is 29.8 Å². The lowest BCUT2D eigenvalue weighted by Gasteiger charge is -2.18. The molecule has 1 unspecified atom stereocenters. The van der Waals surface area contributed by atoms with E-state index in [2.05, 4.69) is 28.8 Å². The molecule has 0 heterocycles. The number of hydrogen-bond acceptors (Lipinski definition) is 5. The van der Waals surface area contributed by atoms with Crippen LogP contribution in [0.25, 0.3) is 0 Å². The highest BCUT2D eigenvalue weighted by atomic mass is 32.2. The summed E-state index contributed by atoms with van der Waals surface area (Å²) in [5.74, 6) is -1.21. The number of nitrogens with zero attached hydrogens (tertiary/aromatic N) is 1. The second-order valence-electron chi connectivity index (χ2n) is 6.58. The second kappa shape index (κ2) is 11.9. The molecule has 8 heteroatoms. The number of ether oxygens (including phenoxy) is 1. The lowest BCUT2D eigenvalue weighted by Crippen LogP contribution is -2.36. The first-order valence-electron chi connectivity index (χ1n) is 9.42. The summed E-state index contributed by atoms with van der Waals surface area (Å²) in [6.45, 7) is 12.0. The van der Waals surface area contributed by atoms with Gasteiger partial charge in [-0.3, -0.25) is 9.52 Å². The van der Waals surface area contributed by atoms with Gasteiger partial charge in [0.25, 0.3) is 0 Å². The van der Waals surface area contributed by atoms with Crippen LogP contribution in [-0.2, 0) is 19.6 Å². The molecule has 0 spiro atoms. The number of aryl methyl sites for hydroxylation is 1. The summed E-state index contributed by atoms with van der Waals surface area (Å²) < 4.78 is 32.4. The fraction of sp³-hybridized carbons (Fsp3) is 0.632. The van der Waals surface area contributed by atoms with Crippen LogP contribution in [0.3, 0.4) is 0 Å². The van der Waals surface area contributed by atoms with Crippen molar-refractivity contribution in [1.29, 1.82) is 0 Å². The molecule has 1 amide bonds. The minimum atomic E-state index is -3.59. The zero-order valence-electron chi connectivity index (χ0n) is 16.8. The molecule has 7 nitrogen and oxygen atoms in total. The lowest BCUT2D eigenvalue weighted by molar-refractivity contribution is -0.124. The molecule has 0 bridgehead atoms. The van der Waals surface area contributed by atoms with Crippen LogP contribution in [0.2, 0.25) is 0 Å². The van der Waals surface area contributed by atoms with Crippen molar-refractivity contribution < 1.29 is 17.9 Å². The molecule has 1 atom stereocenters. The highest BCUT2D eigenvalue weighted by molar-refractivity contribution is 7.92. The van der Waals surface area contributed by atoms with Gasteiger partial charge < -0.3 is 15.0 Å². The molecule has 1 rings (SSSR count). The lowest BCUT2D eigenvalue weighted by atomic mass is 10.2. The quantitative estimate of drug-likeness (QED) is 0.494. The van der Waals surface area contributed by atoms with Gasteiger partial charge in [0.2, 0.25) is 15.9 Å². The van der Waals surface area contributed by atoms with Crippen LogP contribution in [0.15, 0.2) is 24.3 Å². The van der Waals surface area contributed by atoms with E-state index in [1.165, 1.54) is 0 Å². The maximum atomic E-state index is 12.2. The number of hydrogen-bond donors (Lipinski definition) is 2. The highest BCUT2D eigenvalue weighted by Gasteiger charge is 2.21. The van der Waals surface area contributed by atoms with E-state index in [4.69, 9.17) is 4.74 Å². The Morgan fingerprint density at radius 1 is 1.15 bits per heavy atom. The third-order valence-electron chi connectivity index (χ3n) is 4.23. The Hall–Kier alpha value is -1.64. The molecule has 1 aromatic carbocycles. The fourth-order valence-electron chi connectivity index (χ4n) is 2.50. The van der Waals surface area contributed by atoms with Crippen LogP contribution in [0.1, 0.15) is 26.3 Å². The van der Waals surface area contributed by atoms with Crippen molar-refractivity contribution in [2.75, 3.05) is 49.9 Å². The van der Waals surface area contributed by atoms with E-state index in [9.17, 15) is 13.2 Å². The van der Waals surface area contributed by atoms with Crippen molar-refractivity contribution in [2.24, 2.45) is 5.92 Å². The van der Waals surface area contributed by atoms with Crippen molar-refractivity contribution in [3.8, 4) is 0 Å². The summed E-state index contributed by atoms with van der Waals surface area (Å²) in [5.41, 5.74) is 1.54. The van der Waals surface area contributed by atoms with Gasteiger partial charge in [-0.05, 0) is 32.1 Å². The van der Waals surface area contributed by atoms with Crippen LogP contribution in [0.5, 0.6) is 0 Å². The molecule has 0 saturated carbocycles. The van der Waals surface area contributed by atoms with Crippen LogP contribution < -0.4 is 10.0 Å². The number of likely N-dealkylation sites (N-methyl/N-ethyl adjacent to an activating group) is 1. The number of carbonyl (C=O) groups is 1. The first kappa shape index (κ1) is 23.4. The normalized spacial score (nSPS) is 12.8. The van der Waals surface area contributed by atoms with Gasteiger partial charge >= 0.3 is 0 Å². The van der Waals surface area contributed by atoms with Gasteiger partial charge in [-0.2, -0.15) is 0 Å². The van der Waals surface area contributed by atoms with Gasteiger partial charge in [-0.15, -0.1) is 0 Å². The van der Waals surface area contributed by atoms with E-state index in [0.29, 0.717) is 25.4 Å². The highest BCUT2D eigenvalue weighted by Crippen LogP contribution is 2.12. The number of benzene rings is 1. The van der Waals surface area contributed by atoms with Gasteiger partial charge in [0.1, 0.15) is 0 Å². The number of anilines is 1. The molecular formula is C19H33N3O4S. The molecule has 1 aromatic rings. The Labute approximate surface area is 163 Å². The molecule has 0 saturated heterocycles. The van der Waals surface area contributed by atoms with Gasteiger partial charge in [-0.25, -0.2) is 8.42 Å². The number of nitrogens with one attached hydrogen (secondary N) is 2. The van der Waals surface area contributed by atoms with Crippen molar-refractivity contribution in [2.45, 2.75) is 27.7 Å². The van der Waals surface area contributed by atoms with E-state index in [1.54, 1.807) is 19.1 Å². The molecular weight excluding hydrogens is 366 g/mol. The number of sulfonamides is 1. The third kappa shape index (κ3) is 9.74. The Balaban J connectivity index is 2.29. The van der Waals surface area contributed by atoms with E-state index < -0.39 is 15.9 Å². The predicted molar refractivity (Wildman–Crippen MR) is 109 cm³/mol. The SMILES string of the molecule is CCN(CC)CCOCCNC(=O)C(C)CS(=O)(=O)Nc1ccc(C)cc1. The van der Waals surface area contributed by atoms with Crippen molar-refractivity contribution >= 4 is 21.6 Å². The van der Waals surface area contributed by atoms with Crippen LogP contribution >= 0.6 is 0 Å². The molecule has 154 valence electrons. The minimum absolute atomic E-state index is 0.268. The topological polar surface area (TPSA) is 87.7 Å². The third-order valence-corrected chi connectivity index (χ3v) is 5.72. The summed E-state index contributed by atoms with van der Waals surface area (Å²) in [5, 5.41) is 2.72. The van der Waals surface area contributed by atoms with Crippen LogP contribution in [0.4, 0.5) is 5.69 Å². The van der Waals surface area contributed by atoms with Crippen LogP contribution in [0, 0.1) is 12.8 Å². The molecule has 2 N–H and O–H groups in total. The zero-order chi connectivity index (χ0) is 20.3. The molecule has 0 aliphatic rings. The van der Waals surface area contributed by atoms with Crippen molar-refractivity contribution in [3.63, 3.8) is 0 Å². The molecule has 0 fully saturated rings. The standard InChI is InChI=1S/C19H33N3O4S/c1-5-22(6-2)12-14-26-13-11-20-19(23)17(4)15-27(24,25)21-18-9-7-16(3)8-10-18/h7-10,17,21H,5-6,11-15H2,1-4H3,(H,20,23). The average Bonchev–Trinajstić information content (AvgIpc) is 2.62. The number of rotatable bonds is 13. The summed E-state index contributed by atoms with van der Waals surface area (Å²) >= 11 is 0. The maximum absolute atomic E-state index is 12.2. The molecule has 0 aliphatic heterocycles. The first-order valence-corrected chi connectivity index (χ1v) is 11.1. The summed E-state index contributed by atoms with van der Waals surface area (Å²) in [4.78, 5) is 14.3. The smallest absolute Gasteiger partial charge is 0.233 e. The predicted octanol–water partition coefficient (Wildman–Crippen LogP) is 1.85. The number of amides is 1. The van der Waals surface area contributed by atoms with Gasteiger partial charge in [0.15, 0.2) is 0 Å². The zero-order valence-corrected chi connectivity index (χ0v) is 17.6. The monoisotopic (exact) mass is 399 g/mol. The molecule has 27 heavy (non-hydrogen) atoms. The molecule has 0 aliphatic carbocycles. The Morgan fingerprint density at radius 3 is 2.37 bits per heavy atom. The summed E-state index contributed by atoms with van der Waals surface area (Å²) in [7, 11) is -3.59. The van der Waals surface area contributed by atoms with E-state index in [0.717, 1.165) is 25.2 Å². The molecule has 0 radical (unpaired) electrons. The van der Waals surface area contributed by atoms with Crippen LogP contribution in [-0.4, -0.2) is 64.4 Å². The summed E-state index contributed by atoms with van der Waals surface area (Å²) in [6.07, 6.45) is 0. The van der Waals surface area contributed by atoms with Gasteiger partial charge in [0, 0.05) is 18.8 Å². The summed E-state index contributed by atoms with van der Waals surface area (Å²) in [6, 6.07) is 7.06. The van der Waals surface area contributed by atoms with Gasteiger partial charge in [-0.1, -0.05) is 38.5 Å². The average molecular weight is 400 g/mol. The minimum Gasteiger partial charge on any atom is -0.378 e. The Bertz CT molecular complexity index is 658. The van der Waals surface area contributed by atoms with Crippen molar-refractivity contribution in [1.82, 2.24) is 10.2 Å².